The first-order valence-electron chi connectivity index (χ1n) is 10.2. The molecule has 0 aromatic heterocycles. The number of nitrogens with zero attached hydrogens (tertiary/aromatic N) is 1. The average molecular weight is 504 g/mol. The quantitative estimate of drug-likeness (QED) is 0.456. The summed E-state index contributed by atoms with van der Waals surface area (Å²) in [5.41, 5.74) is 7.59. The number of rotatable bonds is 2. The number of hydrazine groups is 1. The van der Waals surface area contributed by atoms with Gasteiger partial charge in [-0.1, -0.05) is 76.6 Å². The molecular formula is C25H18BrN3O2S. The molecule has 0 radical (unpaired) electrons. The summed E-state index contributed by atoms with van der Waals surface area (Å²) >= 11 is 4.75. The third-order valence-electron chi connectivity index (χ3n) is 5.72. The fraction of sp³-hybridized carbons (Fsp3) is 0.0800. The maximum Gasteiger partial charge on any atom is 0.294 e. The summed E-state index contributed by atoms with van der Waals surface area (Å²) in [6, 6.07) is 26.0. The molecule has 0 bridgehead atoms. The second-order valence-electron chi connectivity index (χ2n) is 7.74. The van der Waals surface area contributed by atoms with Crippen LogP contribution in [0.5, 0.6) is 5.75 Å². The van der Waals surface area contributed by atoms with E-state index in [1.807, 2.05) is 71.7 Å². The maximum atomic E-state index is 12.7. The highest BCUT2D eigenvalue weighted by Crippen LogP contribution is 2.51. The SMILES string of the molecule is O=C1NC2(Oc3ccc(Br)cc3C3C=C(c4ccccc4)NN32)C(=Cc2ccccc2)S1. The Morgan fingerprint density at radius 3 is 2.56 bits per heavy atom. The summed E-state index contributed by atoms with van der Waals surface area (Å²) in [6.07, 6.45) is 4.19. The largest absolute Gasteiger partial charge is 0.448 e. The van der Waals surface area contributed by atoms with Gasteiger partial charge in [0.25, 0.3) is 11.1 Å². The topological polar surface area (TPSA) is 53.6 Å². The number of amides is 1. The molecule has 2 unspecified atom stereocenters. The average Bonchev–Trinajstić information content (AvgIpc) is 3.39. The molecule has 3 aliphatic rings. The van der Waals surface area contributed by atoms with Crippen molar-refractivity contribution in [3.63, 3.8) is 0 Å². The normalized spacial score (nSPS) is 25.0. The first-order chi connectivity index (χ1) is 15.6. The lowest BCUT2D eigenvalue weighted by atomic mass is 10.0. The minimum atomic E-state index is -1.16. The second kappa shape index (κ2) is 7.55. The number of thioether (sulfide) groups is 1. The molecule has 3 aromatic rings. The van der Waals surface area contributed by atoms with Crippen LogP contribution >= 0.6 is 27.7 Å². The van der Waals surface area contributed by atoms with E-state index >= 15 is 0 Å². The Hall–Kier alpha value is -3.00. The zero-order valence-corrected chi connectivity index (χ0v) is 19.2. The van der Waals surface area contributed by atoms with Crippen LogP contribution in [0.25, 0.3) is 11.8 Å². The molecule has 158 valence electrons. The Labute approximate surface area is 198 Å². The van der Waals surface area contributed by atoms with Gasteiger partial charge in [0.15, 0.2) is 0 Å². The Morgan fingerprint density at radius 1 is 1.03 bits per heavy atom. The molecule has 1 fully saturated rings. The van der Waals surface area contributed by atoms with Gasteiger partial charge in [0, 0.05) is 10.0 Å². The van der Waals surface area contributed by atoms with Crippen molar-refractivity contribution < 1.29 is 9.53 Å². The predicted octanol–water partition coefficient (Wildman–Crippen LogP) is 5.90. The van der Waals surface area contributed by atoms with Crippen molar-refractivity contribution in [3.8, 4) is 5.75 Å². The highest BCUT2D eigenvalue weighted by atomic mass is 79.9. The molecular weight excluding hydrogens is 486 g/mol. The Balaban J connectivity index is 1.51. The van der Waals surface area contributed by atoms with Crippen LogP contribution in [-0.2, 0) is 0 Å². The fourth-order valence-corrected chi connectivity index (χ4v) is 5.57. The van der Waals surface area contributed by atoms with Crippen molar-refractivity contribution in [2.24, 2.45) is 0 Å². The Bertz CT molecular complexity index is 1280. The lowest BCUT2D eigenvalue weighted by Crippen LogP contribution is -2.66. The summed E-state index contributed by atoms with van der Waals surface area (Å²) in [5, 5.41) is 4.94. The van der Waals surface area contributed by atoms with Crippen molar-refractivity contribution in [1.82, 2.24) is 15.8 Å². The van der Waals surface area contributed by atoms with Gasteiger partial charge in [-0.05, 0) is 53.2 Å². The predicted molar refractivity (Wildman–Crippen MR) is 130 cm³/mol. The van der Waals surface area contributed by atoms with Crippen LogP contribution in [0, 0.1) is 0 Å². The van der Waals surface area contributed by atoms with Gasteiger partial charge >= 0.3 is 0 Å². The van der Waals surface area contributed by atoms with Gasteiger partial charge in [0.2, 0.25) is 0 Å². The van der Waals surface area contributed by atoms with E-state index in [0.717, 1.165) is 49.3 Å². The van der Waals surface area contributed by atoms with Crippen LogP contribution in [0.15, 0.2) is 94.3 Å². The molecule has 5 nitrogen and oxygen atoms in total. The number of nitrogens with one attached hydrogen (secondary N) is 2. The molecule has 2 N–H and O–H groups in total. The third kappa shape index (κ3) is 3.16. The minimum absolute atomic E-state index is 0.135. The van der Waals surface area contributed by atoms with Gasteiger partial charge < -0.3 is 10.2 Å². The number of hydrogen-bond donors (Lipinski definition) is 2. The molecule has 3 aliphatic heterocycles. The van der Waals surface area contributed by atoms with Crippen molar-refractivity contribution in [3.05, 3.63) is 111 Å². The van der Waals surface area contributed by atoms with E-state index in [4.69, 9.17) is 4.74 Å². The van der Waals surface area contributed by atoms with Crippen LogP contribution in [0.1, 0.15) is 22.7 Å². The molecule has 3 aromatic carbocycles. The van der Waals surface area contributed by atoms with Crippen LogP contribution in [0.4, 0.5) is 4.79 Å². The Morgan fingerprint density at radius 2 is 1.78 bits per heavy atom. The second-order valence-corrected chi connectivity index (χ2v) is 9.67. The van der Waals surface area contributed by atoms with Gasteiger partial charge in [-0.2, -0.15) is 0 Å². The number of hydrogen-bond acceptors (Lipinski definition) is 5. The summed E-state index contributed by atoms with van der Waals surface area (Å²) < 4.78 is 7.55. The standard InChI is InChI=1S/C25H18BrN3O2S/c26-18-11-12-22-19(14-18)21-15-20(17-9-5-2-6-10-17)28-29(21)25(31-22)23(32-24(30)27-25)13-16-7-3-1-4-8-16/h1-15,21,28H,(H,27,30). The summed E-state index contributed by atoms with van der Waals surface area (Å²) in [6.45, 7) is 0. The van der Waals surface area contributed by atoms with E-state index in [9.17, 15) is 4.79 Å². The monoisotopic (exact) mass is 503 g/mol. The lowest BCUT2D eigenvalue weighted by molar-refractivity contribution is -0.107. The van der Waals surface area contributed by atoms with E-state index in [1.165, 1.54) is 0 Å². The van der Waals surface area contributed by atoms with Crippen molar-refractivity contribution >= 4 is 44.7 Å². The van der Waals surface area contributed by atoms with E-state index in [0.29, 0.717) is 0 Å². The van der Waals surface area contributed by atoms with Gasteiger partial charge in [-0.15, -0.1) is 5.01 Å². The van der Waals surface area contributed by atoms with E-state index in [2.05, 4.69) is 50.9 Å². The van der Waals surface area contributed by atoms with Crippen LogP contribution in [0.3, 0.4) is 0 Å². The fourth-order valence-electron chi connectivity index (χ4n) is 4.28. The van der Waals surface area contributed by atoms with Crippen LogP contribution in [0.2, 0.25) is 0 Å². The molecule has 2 atom stereocenters. The molecule has 6 rings (SSSR count). The van der Waals surface area contributed by atoms with Crippen molar-refractivity contribution in [1.29, 1.82) is 0 Å². The molecule has 0 aliphatic carbocycles. The number of carbonyl (C=O) groups excluding carboxylic acids is 1. The smallest absolute Gasteiger partial charge is 0.294 e. The number of halogens is 1. The van der Waals surface area contributed by atoms with Gasteiger partial charge in [0.1, 0.15) is 5.75 Å². The molecule has 1 amide bonds. The molecule has 0 saturated carbocycles. The van der Waals surface area contributed by atoms with Gasteiger partial charge in [0.05, 0.1) is 16.6 Å². The number of fused-ring (bicyclic) bond motifs is 4. The highest BCUT2D eigenvalue weighted by Gasteiger charge is 2.58. The van der Waals surface area contributed by atoms with Crippen molar-refractivity contribution in [2.75, 3.05) is 0 Å². The highest BCUT2D eigenvalue weighted by molar-refractivity contribution is 9.10. The first kappa shape index (κ1) is 19.7. The van der Waals surface area contributed by atoms with E-state index in [1.54, 1.807) is 0 Å². The molecule has 1 spiro atoms. The maximum absolute atomic E-state index is 12.7. The molecule has 3 heterocycles. The van der Waals surface area contributed by atoms with Crippen LogP contribution < -0.4 is 15.5 Å². The van der Waals surface area contributed by atoms with Gasteiger partial charge in [-0.3, -0.25) is 10.1 Å². The minimum Gasteiger partial charge on any atom is -0.448 e. The van der Waals surface area contributed by atoms with Gasteiger partial charge in [-0.25, -0.2) is 0 Å². The zero-order valence-electron chi connectivity index (χ0n) is 16.8. The number of carbonyl (C=O) groups is 1. The lowest BCUT2D eigenvalue weighted by Gasteiger charge is -2.45. The van der Waals surface area contributed by atoms with Crippen LogP contribution in [-0.4, -0.2) is 16.1 Å². The number of benzene rings is 3. The number of ether oxygens (including phenoxy) is 1. The summed E-state index contributed by atoms with van der Waals surface area (Å²) in [7, 11) is 0. The molecule has 1 saturated heterocycles. The Kier molecular flexibility index (Phi) is 4.64. The third-order valence-corrected chi connectivity index (χ3v) is 7.12. The molecule has 7 heteroatoms. The zero-order chi connectivity index (χ0) is 21.7. The van der Waals surface area contributed by atoms with E-state index < -0.39 is 5.85 Å². The van der Waals surface area contributed by atoms with Crippen molar-refractivity contribution in [2.45, 2.75) is 11.9 Å². The molecule has 32 heavy (non-hydrogen) atoms. The first-order valence-corrected chi connectivity index (χ1v) is 11.8. The summed E-state index contributed by atoms with van der Waals surface area (Å²) in [5.74, 6) is -0.417. The summed E-state index contributed by atoms with van der Waals surface area (Å²) in [4.78, 5) is 13.5. The van der Waals surface area contributed by atoms with E-state index in [-0.39, 0.29) is 11.3 Å².